The van der Waals surface area contributed by atoms with Crippen LogP contribution in [0, 0.1) is 6.92 Å². The molecule has 1 N–H and O–H groups in total. The number of sulfonamides is 1. The predicted molar refractivity (Wildman–Crippen MR) is 110 cm³/mol. The van der Waals surface area contributed by atoms with Gasteiger partial charge in [-0.1, -0.05) is 30.3 Å². The van der Waals surface area contributed by atoms with E-state index in [9.17, 15) is 13.2 Å². The lowest BCUT2D eigenvalue weighted by atomic mass is 10.1. The third-order valence-corrected chi connectivity index (χ3v) is 7.66. The number of thiophene rings is 1. The Morgan fingerprint density at radius 2 is 1.70 bits per heavy atom. The standard InChI is InChI=1S/C20H22N2O3S2/c1-13-17-7-5-6-8-18(17)26-19(13)20(23)21-14(2)15-9-11-16(12-10-15)27(24,25)22(3)4/h5-12,14H,1-4H3,(H,21,23). The highest BCUT2D eigenvalue weighted by molar-refractivity contribution is 7.89. The van der Waals surface area contributed by atoms with E-state index in [-0.39, 0.29) is 16.8 Å². The van der Waals surface area contributed by atoms with E-state index in [1.54, 1.807) is 24.3 Å². The molecule has 0 spiro atoms. The zero-order valence-corrected chi connectivity index (χ0v) is 17.3. The summed E-state index contributed by atoms with van der Waals surface area (Å²) in [6.07, 6.45) is 0. The number of carbonyl (C=O) groups excluding carboxylic acids is 1. The monoisotopic (exact) mass is 402 g/mol. The Kier molecular flexibility index (Phi) is 5.37. The molecule has 0 bridgehead atoms. The van der Waals surface area contributed by atoms with Gasteiger partial charge in [0.15, 0.2) is 0 Å². The van der Waals surface area contributed by atoms with E-state index in [4.69, 9.17) is 0 Å². The van der Waals surface area contributed by atoms with Crippen molar-refractivity contribution in [1.29, 1.82) is 0 Å². The van der Waals surface area contributed by atoms with Gasteiger partial charge in [-0.25, -0.2) is 12.7 Å². The molecule has 3 aromatic rings. The van der Waals surface area contributed by atoms with Gasteiger partial charge >= 0.3 is 0 Å². The van der Waals surface area contributed by atoms with E-state index in [0.717, 1.165) is 21.2 Å². The van der Waals surface area contributed by atoms with Crippen LogP contribution < -0.4 is 5.32 Å². The number of benzene rings is 2. The fourth-order valence-corrected chi connectivity index (χ4v) is 4.89. The number of nitrogens with zero attached hydrogens (tertiary/aromatic N) is 1. The Morgan fingerprint density at radius 1 is 1.07 bits per heavy atom. The molecular weight excluding hydrogens is 380 g/mol. The van der Waals surface area contributed by atoms with Crippen LogP contribution in [0.25, 0.3) is 10.1 Å². The average Bonchev–Trinajstić information content (AvgIpc) is 2.99. The molecular formula is C20H22N2O3S2. The summed E-state index contributed by atoms with van der Waals surface area (Å²) < 4.78 is 26.6. The second-order valence-electron chi connectivity index (χ2n) is 6.60. The first-order valence-electron chi connectivity index (χ1n) is 8.53. The molecule has 0 fully saturated rings. The first-order valence-corrected chi connectivity index (χ1v) is 10.8. The zero-order valence-electron chi connectivity index (χ0n) is 15.7. The van der Waals surface area contributed by atoms with Gasteiger partial charge in [0.05, 0.1) is 15.8 Å². The molecule has 0 saturated carbocycles. The highest BCUT2D eigenvalue weighted by Gasteiger charge is 2.20. The molecule has 0 radical (unpaired) electrons. The Balaban J connectivity index is 1.79. The van der Waals surface area contributed by atoms with Gasteiger partial charge in [-0.05, 0) is 48.6 Å². The van der Waals surface area contributed by atoms with Gasteiger partial charge in [0.2, 0.25) is 10.0 Å². The number of amides is 1. The zero-order chi connectivity index (χ0) is 19.8. The Bertz CT molecular complexity index is 1080. The third-order valence-electron chi connectivity index (χ3n) is 4.56. The maximum Gasteiger partial charge on any atom is 0.262 e. The third kappa shape index (κ3) is 3.76. The van der Waals surface area contributed by atoms with E-state index in [0.29, 0.717) is 4.88 Å². The van der Waals surface area contributed by atoms with Gasteiger partial charge in [0, 0.05) is 18.8 Å². The lowest BCUT2D eigenvalue weighted by Crippen LogP contribution is -2.26. The average molecular weight is 403 g/mol. The fourth-order valence-electron chi connectivity index (χ4n) is 2.88. The van der Waals surface area contributed by atoms with Crippen LogP contribution in [0.2, 0.25) is 0 Å². The lowest BCUT2D eigenvalue weighted by molar-refractivity contribution is 0.0943. The summed E-state index contributed by atoms with van der Waals surface area (Å²) in [6, 6.07) is 14.3. The number of aryl methyl sites for hydroxylation is 1. The first-order chi connectivity index (χ1) is 12.7. The fraction of sp³-hybridized carbons (Fsp3) is 0.250. The lowest BCUT2D eigenvalue weighted by Gasteiger charge is -2.16. The number of carbonyl (C=O) groups is 1. The molecule has 1 aromatic heterocycles. The van der Waals surface area contributed by atoms with Crippen molar-refractivity contribution in [2.75, 3.05) is 14.1 Å². The second kappa shape index (κ2) is 7.42. The molecule has 2 aromatic carbocycles. The maximum absolute atomic E-state index is 12.7. The van der Waals surface area contributed by atoms with E-state index >= 15 is 0 Å². The molecule has 142 valence electrons. The smallest absolute Gasteiger partial charge is 0.262 e. The van der Waals surface area contributed by atoms with Crippen LogP contribution in [0.3, 0.4) is 0 Å². The van der Waals surface area contributed by atoms with E-state index in [1.807, 2.05) is 38.1 Å². The molecule has 1 amide bonds. The Labute approximate surface area is 163 Å². The van der Waals surface area contributed by atoms with Crippen molar-refractivity contribution in [2.45, 2.75) is 24.8 Å². The summed E-state index contributed by atoms with van der Waals surface area (Å²) in [7, 11) is -0.459. The molecule has 0 aliphatic heterocycles. The van der Waals surface area contributed by atoms with Crippen molar-refractivity contribution in [3.8, 4) is 0 Å². The van der Waals surface area contributed by atoms with Crippen LogP contribution in [0.15, 0.2) is 53.4 Å². The Morgan fingerprint density at radius 3 is 2.30 bits per heavy atom. The summed E-state index contributed by atoms with van der Waals surface area (Å²) in [5.41, 5.74) is 1.83. The summed E-state index contributed by atoms with van der Waals surface area (Å²) in [4.78, 5) is 13.7. The SMILES string of the molecule is Cc1c(C(=O)NC(C)c2ccc(S(=O)(=O)N(C)C)cc2)sc2ccccc12. The number of nitrogens with one attached hydrogen (secondary N) is 1. The molecule has 1 unspecified atom stereocenters. The largest absolute Gasteiger partial charge is 0.345 e. The van der Waals surface area contributed by atoms with Gasteiger partial charge < -0.3 is 5.32 Å². The minimum atomic E-state index is -3.46. The molecule has 1 heterocycles. The van der Waals surface area contributed by atoms with Crippen molar-refractivity contribution in [2.24, 2.45) is 0 Å². The number of hydrogen-bond acceptors (Lipinski definition) is 4. The molecule has 0 aliphatic carbocycles. The van der Waals surface area contributed by atoms with Crippen LogP contribution in [-0.2, 0) is 10.0 Å². The normalized spacial score (nSPS) is 13.1. The van der Waals surface area contributed by atoms with Crippen molar-refractivity contribution in [3.05, 3.63) is 64.5 Å². The molecule has 7 heteroatoms. The van der Waals surface area contributed by atoms with Crippen molar-refractivity contribution in [1.82, 2.24) is 9.62 Å². The van der Waals surface area contributed by atoms with Gasteiger partial charge in [0.25, 0.3) is 5.91 Å². The van der Waals surface area contributed by atoms with Gasteiger partial charge in [-0.15, -0.1) is 11.3 Å². The minimum absolute atomic E-state index is 0.119. The van der Waals surface area contributed by atoms with E-state index in [1.165, 1.54) is 29.7 Å². The topological polar surface area (TPSA) is 66.5 Å². The highest BCUT2D eigenvalue weighted by Crippen LogP contribution is 2.31. The number of rotatable bonds is 5. The van der Waals surface area contributed by atoms with Crippen molar-refractivity contribution in [3.63, 3.8) is 0 Å². The number of fused-ring (bicyclic) bond motifs is 1. The number of hydrogen-bond donors (Lipinski definition) is 1. The molecule has 0 aliphatic rings. The summed E-state index contributed by atoms with van der Waals surface area (Å²) >= 11 is 1.48. The van der Waals surface area contributed by atoms with E-state index in [2.05, 4.69) is 5.32 Å². The molecule has 0 saturated heterocycles. The minimum Gasteiger partial charge on any atom is -0.345 e. The van der Waals surface area contributed by atoms with E-state index < -0.39 is 10.0 Å². The summed E-state index contributed by atoms with van der Waals surface area (Å²) in [6.45, 7) is 3.84. The van der Waals surface area contributed by atoms with Crippen molar-refractivity contribution < 1.29 is 13.2 Å². The Hall–Kier alpha value is -2.22. The summed E-state index contributed by atoms with van der Waals surface area (Å²) in [5.74, 6) is -0.119. The summed E-state index contributed by atoms with van der Waals surface area (Å²) in [5, 5.41) is 4.10. The maximum atomic E-state index is 12.7. The van der Waals surface area contributed by atoms with Crippen LogP contribution in [0.5, 0.6) is 0 Å². The first kappa shape index (κ1) is 19.5. The molecule has 27 heavy (non-hydrogen) atoms. The quantitative estimate of drug-likeness (QED) is 0.703. The van der Waals surface area contributed by atoms with Gasteiger partial charge in [-0.3, -0.25) is 4.79 Å². The van der Waals surface area contributed by atoms with Gasteiger partial charge in [0.1, 0.15) is 0 Å². The van der Waals surface area contributed by atoms with Gasteiger partial charge in [-0.2, -0.15) is 0 Å². The van der Waals surface area contributed by atoms with Crippen LogP contribution in [-0.4, -0.2) is 32.7 Å². The van der Waals surface area contributed by atoms with Crippen LogP contribution in [0.1, 0.15) is 33.8 Å². The van der Waals surface area contributed by atoms with Crippen molar-refractivity contribution >= 4 is 37.4 Å². The van der Waals surface area contributed by atoms with Crippen LogP contribution in [0.4, 0.5) is 0 Å². The molecule has 5 nitrogen and oxygen atoms in total. The van der Waals surface area contributed by atoms with Crippen LogP contribution >= 0.6 is 11.3 Å². The molecule has 1 atom stereocenters. The predicted octanol–water partition coefficient (Wildman–Crippen LogP) is 3.95. The molecule has 3 rings (SSSR count). The second-order valence-corrected chi connectivity index (χ2v) is 9.81. The highest BCUT2D eigenvalue weighted by atomic mass is 32.2.